The van der Waals surface area contributed by atoms with Crippen LogP contribution in [0.5, 0.6) is 0 Å². The molecule has 0 spiro atoms. The number of hydrogen-bond donors (Lipinski definition) is 2. The first kappa shape index (κ1) is 15.1. The molecule has 0 saturated heterocycles. The second-order valence-corrected chi connectivity index (χ2v) is 4.76. The third-order valence-electron chi connectivity index (χ3n) is 3.18. The van der Waals surface area contributed by atoms with Crippen molar-refractivity contribution in [2.75, 3.05) is 19.5 Å². The summed E-state index contributed by atoms with van der Waals surface area (Å²) in [5.41, 5.74) is 3.99. The van der Waals surface area contributed by atoms with Crippen molar-refractivity contribution < 1.29 is 9.53 Å². The van der Waals surface area contributed by atoms with Crippen molar-refractivity contribution in [2.45, 2.75) is 13.2 Å². The van der Waals surface area contributed by atoms with Crippen molar-refractivity contribution in [3.8, 4) is 0 Å². The van der Waals surface area contributed by atoms with Gasteiger partial charge in [0.1, 0.15) is 0 Å². The van der Waals surface area contributed by atoms with Gasteiger partial charge in [-0.25, -0.2) is 0 Å². The average Bonchev–Trinajstić information content (AvgIpc) is 2.53. The molecule has 2 N–H and O–H groups in total. The number of rotatable bonds is 6. The van der Waals surface area contributed by atoms with Crippen LogP contribution in [0.4, 0.5) is 5.69 Å². The molecular formula is C17H20N2O2. The second kappa shape index (κ2) is 7.45. The third kappa shape index (κ3) is 4.33. The summed E-state index contributed by atoms with van der Waals surface area (Å²) in [6.45, 7) is 1.32. The fourth-order valence-corrected chi connectivity index (χ4v) is 2.06. The predicted octanol–water partition coefficient (Wildman–Crippen LogP) is 2.80. The maximum atomic E-state index is 11.5. The number of nitrogens with one attached hydrogen (secondary N) is 2. The van der Waals surface area contributed by atoms with Gasteiger partial charge in [0.15, 0.2) is 0 Å². The van der Waals surface area contributed by atoms with Crippen LogP contribution < -0.4 is 10.6 Å². The van der Waals surface area contributed by atoms with E-state index in [4.69, 9.17) is 4.74 Å². The highest BCUT2D eigenvalue weighted by Gasteiger charge is 2.02. The number of carbonyl (C=O) groups excluding carboxylic acids is 1. The van der Waals surface area contributed by atoms with Gasteiger partial charge in [-0.2, -0.15) is 0 Å². The summed E-state index contributed by atoms with van der Waals surface area (Å²) in [6.07, 6.45) is 0. The van der Waals surface area contributed by atoms with E-state index in [9.17, 15) is 4.79 Å². The normalized spacial score (nSPS) is 10.2. The molecule has 4 nitrogen and oxygen atoms in total. The molecular weight excluding hydrogens is 264 g/mol. The minimum atomic E-state index is -0.0678. The van der Waals surface area contributed by atoms with Crippen LogP contribution in [-0.4, -0.2) is 20.1 Å². The molecule has 0 aliphatic rings. The number of ether oxygens (including phenoxy) is 1. The lowest BCUT2D eigenvalue weighted by atomic mass is 10.1. The molecule has 2 aromatic carbocycles. The molecule has 21 heavy (non-hydrogen) atoms. The summed E-state index contributed by atoms with van der Waals surface area (Å²) >= 11 is 0. The van der Waals surface area contributed by atoms with Crippen molar-refractivity contribution in [2.24, 2.45) is 0 Å². The summed E-state index contributed by atoms with van der Waals surface area (Å²) < 4.78 is 5.13. The van der Waals surface area contributed by atoms with Crippen molar-refractivity contribution >= 4 is 11.6 Å². The molecule has 2 rings (SSSR count). The van der Waals surface area contributed by atoms with Gasteiger partial charge in [0.25, 0.3) is 5.91 Å². The fourth-order valence-electron chi connectivity index (χ4n) is 2.06. The van der Waals surface area contributed by atoms with E-state index < -0.39 is 0 Å². The Morgan fingerprint density at radius 1 is 1.10 bits per heavy atom. The van der Waals surface area contributed by atoms with Crippen LogP contribution in [0.25, 0.3) is 0 Å². The molecule has 0 heterocycles. The zero-order chi connectivity index (χ0) is 15.1. The lowest BCUT2D eigenvalue weighted by Crippen LogP contribution is -2.17. The lowest BCUT2D eigenvalue weighted by Gasteiger charge is -2.09. The number of anilines is 1. The largest absolute Gasteiger partial charge is 0.381 e. The van der Waals surface area contributed by atoms with Crippen molar-refractivity contribution in [1.82, 2.24) is 5.32 Å². The Bertz CT molecular complexity index is 594. The molecule has 0 radical (unpaired) electrons. The van der Waals surface area contributed by atoms with E-state index in [1.54, 1.807) is 14.2 Å². The highest BCUT2D eigenvalue weighted by atomic mass is 16.5. The first-order valence-corrected chi connectivity index (χ1v) is 6.85. The van der Waals surface area contributed by atoms with Gasteiger partial charge < -0.3 is 15.4 Å². The van der Waals surface area contributed by atoms with Crippen molar-refractivity contribution in [3.63, 3.8) is 0 Å². The van der Waals surface area contributed by atoms with Gasteiger partial charge in [-0.15, -0.1) is 0 Å². The van der Waals surface area contributed by atoms with Gasteiger partial charge >= 0.3 is 0 Å². The van der Waals surface area contributed by atoms with Gasteiger partial charge in [-0.3, -0.25) is 4.79 Å². The quantitative estimate of drug-likeness (QED) is 0.857. The lowest BCUT2D eigenvalue weighted by molar-refractivity contribution is 0.0963. The standard InChI is InChI=1S/C17H20N2O2/c1-18-17(20)15-8-6-13(7-9-15)11-19-16-5-3-4-14(10-16)12-21-2/h3-10,19H,11-12H2,1-2H3,(H,18,20). The smallest absolute Gasteiger partial charge is 0.251 e. The molecule has 0 unspecified atom stereocenters. The summed E-state index contributed by atoms with van der Waals surface area (Å²) in [4.78, 5) is 11.5. The zero-order valence-corrected chi connectivity index (χ0v) is 12.3. The number of carbonyl (C=O) groups is 1. The van der Waals surface area contributed by atoms with Crippen LogP contribution in [0, 0.1) is 0 Å². The number of amides is 1. The molecule has 1 amide bonds. The maximum Gasteiger partial charge on any atom is 0.251 e. The first-order chi connectivity index (χ1) is 10.2. The molecule has 0 aliphatic carbocycles. The van der Waals surface area contributed by atoms with E-state index in [1.165, 1.54) is 0 Å². The third-order valence-corrected chi connectivity index (χ3v) is 3.18. The monoisotopic (exact) mass is 284 g/mol. The summed E-state index contributed by atoms with van der Waals surface area (Å²) in [5.74, 6) is -0.0678. The SMILES string of the molecule is CNC(=O)c1ccc(CNc2cccc(COC)c2)cc1. The van der Waals surface area contributed by atoms with Gasteiger partial charge in [0.05, 0.1) is 6.61 Å². The second-order valence-electron chi connectivity index (χ2n) is 4.76. The van der Waals surface area contributed by atoms with E-state index in [2.05, 4.69) is 16.7 Å². The van der Waals surface area contributed by atoms with Crippen LogP contribution in [0.3, 0.4) is 0 Å². The van der Waals surface area contributed by atoms with Crippen LogP contribution in [0.1, 0.15) is 21.5 Å². The Kier molecular flexibility index (Phi) is 5.35. The first-order valence-electron chi connectivity index (χ1n) is 6.85. The maximum absolute atomic E-state index is 11.5. The molecule has 110 valence electrons. The molecule has 0 aromatic heterocycles. The van der Waals surface area contributed by atoms with Gasteiger partial charge in [0, 0.05) is 32.0 Å². The van der Waals surface area contributed by atoms with E-state index in [1.807, 2.05) is 42.5 Å². The number of benzene rings is 2. The average molecular weight is 284 g/mol. The molecule has 0 bridgehead atoms. The Hall–Kier alpha value is -2.33. The molecule has 0 aliphatic heterocycles. The van der Waals surface area contributed by atoms with Crippen molar-refractivity contribution in [1.29, 1.82) is 0 Å². The van der Waals surface area contributed by atoms with Gasteiger partial charge in [0.2, 0.25) is 0 Å². The van der Waals surface area contributed by atoms with E-state index >= 15 is 0 Å². The highest BCUT2D eigenvalue weighted by molar-refractivity contribution is 5.93. The Labute approximate surface area is 125 Å². The number of hydrogen-bond acceptors (Lipinski definition) is 3. The predicted molar refractivity (Wildman–Crippen MR) is 84.3 cm³/mol. The topological polar surface area (TPSA) is 50.4 Å². The molecule has 4 heteroatoms. The molecule has 0 saturated carbocycles. The summed E-state index contributed by atoms with van der Waals surface area (Å²) in [6, 6.07) is 15.7. The summed E-state index contributed by atoms with van der Waals surface area (Å²) in [7, 11) is 3.32. The van der Waals surface area contributed by atoms with Gasteiger partial charge in [-0.05, 0) is 35.4 Å². The van der Waals surface area contributed by atoms with E-state index in [-0.39, 0.29) is 5.91 Å². The molecule has 0 atom stereocenters. The minimum absolute atomic E-state index is 0.0678. The van der Waals surface area contributed by atoms with Crippen LogP contribution in [0.15, 0.2) is 48.5 Å². The fraction of sp³-hybridized carbons (Fsp3) is 0.235. The van der Waals surface area contributed by atoms with Crippen LogP contribution in [-0.2, 0) is 17.9 Å². The Balaban J connectivity index is 1.96. The van der Waals surface area contributed by atoms with Crippen LogP contribution >= 0.6 is 0 Å². The number of methoxy groups -OCH3 is 1. The Morgan fingerprint density at radius 3 is 2.52 bits per heavy atom. The molecule has 0 fully saturated rings. The highest BCUT2D eigenvalue weighted by Crippen LogP contribution is 2.13. The van der Waals surface area contributed by atoms with E-state index in [0.717, 1.165) is 16.8 Å². The minimum Gasteiger partial charge on any atom is -0.381 e. The summed E-state index contributed by atoms with van der Waals surface area (Å²) in [5, 5.41) is 5.98. The Morgan fingerprint density at radius 2 is 1.86 bits per heavy atom. The van der Waals surface area contributed by atoms with Crippen LogP contribution in [0.2, 0.25) is 0 Å². The van der Waals surface area contributed by atoms with Gasteiger partial charge in [-0.1, -0.05) is 24.3 Å². The van der Waals surface area contributed by atoms with E-state index in [0.29, 0.717) is 18.7 Å². The zero-order valence-electron chi connectivity index (χ0n) is 12.3. The van der Waals surface area contributed by atoms with Crippen molar-refractivity contribution in [3.05, 3.63) is 65.2 Å². The molecule has 2 aromatic rings.